The number of fused-ring (bicyclic) bond motifs is 3. The summed E-state index contributed by atoms with van der Waals surface area (Å²) >= 11 is 0. The number of benzene rings is 1. The number of nitrogens with zero attached hydrogens (tertiary/aromatic N) is 4. The molecule has 1 aromatic heterocycles. The predicted octanol–water partition coefficient (Wildman–Crippen LogP) is 2.85. The number of hydrogen-bond acceptors (Lipinski definition) is 4. The first-order chi connectivity index (χ1) is 15.9. The lowest BCUT2D eigenvalue weighted by molar-refractivity contribution is -0.140. The van der Waals surface area contributed by atoms with E-state index < -0.39 is 41.1 Å². The summed E-state index contributed by atoms with van der Waals surface area (Å²) in [7, 11) is 1.59. The molecule has 13 heteroatoms. The molecule has 2 aliphatic heterocycles. The van der Waals surface area contributed by atoms with E-state index in [1.165, 1.54) is 14.5 Å². The summed E-state index contributed by atoms with van der Waals surface area (Å²) in [5, 5.41) is 16.2. The number of carbonyl (C=O) groups excluding carboxylic acids is 2. The normalized spacial score (nSPS) is 20.6. The second kappa shape index (κ2) is 8.53. The quantitative estimate of drug-likeness (QED) is 0.638. The molecule has 2 N–H and O–H groups in total. The van der Waals surface area contributed by atoms with Gasteiger partial charge in [-0.2, -0.15) is 18.3 Å². The first-order valence-electron chi connectivity index (χ1n) is 10.5. The Labute approximate surface area is 190 Å². The Bertz CT molecular complexity index is 1150. The Balaban J connectivity index is 1.63. The summed E-state index contributed by atoms with van der Waals surface area (Å²) in [6, 6.07) is -1.10. The van der Waals surface area contributed by atoms with Crippen molar-refractivity contribution < 1.29 is 36.6 Å². The Morgan fingerprint density at radius 2 is 1.94 bits per heavy atom. The number of aliphatic hydroxyl groups is 1. The Morgan fingerprint density at radius 1 is 1.24 bits per heavy atom. The smallest absolute Gasteiger partial charge is 0.396 e. The summed E-state index contributed by atoms with van der Waals surface area (Å²) in [6.45, 7) is 2.07. The highest BCUT2D eigenvalue weighted by Gasteiger charge is 2.38. The number of hydrogen-bond donors (Lipinski definition) is 2. The zero-order valence-electron chi connectivity index (χ0n) is 18.3. The van der Waals surface area contributed by atoms with Crippen molar-refractivity contribution in [3.05, 3.63) is 46.3 Å². The van der Waals surface area contributed by atoms with Gasteiger partial charge in [-0.15, -0.1) is 0 Å². The number of urea groups is 1. The molecule has 184 valence electrons. The lowest BCUT2D eigenvalue weighted by Gasteiger charge is -2.33. The van der Waals surface area contributed by atoms with Crippen LogP contribution in [0.4, 0.5) is 32.4 Å². The minimum atomic E-state index is -5.07. The van der Waals surface area contributed by atoms with Gasteiger partial charge in [0, 0.05) is 56.8 Å². The van der Waals surface area contributed by atoms with Crippen LogP contribution < -0.4 is 5.32 Å². The number of aromatic nitrogens is 2. The van der Waals surface area contributed by atoms with Crippen LogP contribution in [0.5, 0.6) is 0 Å². The largest absolute Gasteiger partial charge is 0.419 e. The van der Waals surface area contributed by atoms with Crippen molar-refractivity contribution in [3.8, 4) is 0 Å². The van der Waals surface area contributed by atoms with E-state index in [0.717, 1.165) is 0 Å². The van der Waals surface area contributed by atoms with Crippen molar-refractivity contribution in [1.82, 2.24) is 19.6 Å². The van der Waals surface area contributed by atoms with Crippen molar-refractivity contribution >= 4 is 17.6 Å². The predicted molar refractivity (Wildman–Crippen MR) is 109 cm³/mol. The van der Waals surface area contributed by atoms with Gasteiger partial charge in [0.05, 0.1) is 23.5 Å². The maximum Gasteiger partial charge on any atom is 0.419 e. The van der Waals surface area contributed by atoms with Crippen LogP contribution in [0, 0.1) is 17.6 Å². The van der Waals surface area contributed by atoms with Crippen LogP contribution in [0.25, 0.3) is 0 Å². The molecule has 4 rings (SSSR count). The molecule has 1 unspecified atom stereocenters. The second-order valence-corrected chi connectivity index (χ2v) is 8.61. The molecule has 0 fully saturated rings. The van der Waals surface area contributed by atoms with E-state index in [1.807, 2.05) is 0 Å². The Hall–Kier alpha value is -3.22. The molecule has 0 radical (unpaired) electrons. The van der Waals surface area contributed by atoms with E-state index in [9.17, 15) is 36.6 Å². The van der Waals surface area contributed by atoms with Crippen LogP contribution in [0.3, 0.4) is 0 Å². The zero-order chi connectivity index (χ0) is 24.9. The fourth-order valence-electron chi connectivity index (χ4n) is 4.36. The van der Waals surface area contributed by atoms with Gasteiger partial charge in [-0.05, 0) is 13.0 Å². The Morgan fingerprint density at radius 3 is 2.59 bits per heavy atom. The van der Waals surface area contributed by atoms with Crippen LogP contribution in [0.1, 0.15) is 34.2 Å². The highest BCUT2D eigenvalue weighted by atomic mass is 19.4. The number of anilines is 1. The van der Waals surface area contributed by atoms with Crippen LogP contribution >= 0.6 is 0 Å². The third-order valence-corrected chi connectivity index (χ3v) is 6.12. The number of carbonyl (C=O) groups is 2. The van der Waals surface area contributed by atoms with Crippen LogP contribution in [0.2, 0.25) is 0 Å². The summed E-state index contributed by atoms with van der Waals surface area (Å²) in [5.74, 6) is -3.70. The summed E-state index contributed by atoms with van der Waals surface area (Å²) < 4.78 is 68.3. The third-order valence-electron chi connectivity index (χ3n) is 6.12. The maximum atomic E-state index is 14.1. The second-order valence-electron chi connectivity index (χ2n) is 8.61. The van der Waals surface area contributed by atoms with Gasteiger partial charge in [0.2, 0.25) is 0 Å². The molecular formula is C21H22F5N5O3. The molecule has 0 saturated carbocycles. The van der Waals surface area contributed by atoms with Crippen molar-refractivity contribution in [1.29, 1.82) is 0 Å². The lowest BCUT2D eigenvalue weighted by Crippen LogP contribution is -2.45. The number of rotatable bonds is 2. The Kier molecular flexibility index (Phi) is 6.00. The van der Waals surface area contributed by atoms with Crippen LogP contribution in [-0.2, 0) is 25.7 Å². The molecule has 3 amide bonds. The summed E-state index contributed by atoms with van der Waals surface area (Å²) in [4.78, 5) is 28.6. The van der Waals surface area contributed by atoms with Crippen molar-refractivity contribution in [2.24, 2.45) is 5.92 Å². The molecule has 0 aliphatic carbocycles. The van der Waals surface area contributed by atoms with Gasteiger partial charge in [-0.1, -0.05) is 0 Å². The van der Waals surface area contributed by atoms with Gasteiger partial charge in [0.25, 0.3) is 5.91 Å². The average Bonchev–Trinajstić information content (AvgIpc) is 3.03. The molecule has 0 bridgehead atoms. The number of halogens is 5. The van der Waals surface area contributed by atoms with E-state index in [4.69, 9.17) is 0 Å². The van der Waals surface area contributed by atoms with Crippen LogP contribution in [0.15, 0.2) is 12.1 Å². The van der Waals surface area contributed by atoms with Gasteiger partial charge in [0.15, 0.2) is 0 Å². The highest BCUT2D eigenvalue weighted by molar-refractivity contribution is 5.95. The number of amides is 3. The molecule has 2 aromatic rings. The monoisotopic (exact) mass is 487 g/mol. The van der Waals surface area contributed by atoms with Gasteiger partial charge in [0.1, 0.15) is 17.3 Å². The summed E-state index contributed by atoms with van der Waals surface area (Å²) in [5.41, 5.74) is -1.16. The van der Waals surface area contributed by atoms with Crippen molar-refractivity contribution in [2.45, 2.75) is 38.7 Å². The average molecular weight is 487 g/mol. The summed E-state index contributed by atoms with van der Waals surface area (Å²) in [6.07, 6.45) is -4.82. The van der Waals surface area contributed by atoms with E-state index in [0.29, 0.717) is 24.3 Å². The van der Waals surface area contributed by atoms with E-state index in [-0.39, 0.29) is 49.2 Å². The number of aliphatic hydroxyl groups excluding tert-OH is 1. The fraction of sp³-hybridized carbons (Fsp3) is 0.476. The topological polar surface area (TPSA) is 90.7 Å². The van der Waals surface area contributed by atoms with Gasteiger partial charge < -0.3 is 20.2 Å². The number of nitrogens with one attached hydrogen (secondary N) is 1. The van der Waals surface area contributed by atoms with Crippen LogP contribution in [-0.4, -0.2) is 62.9 Å². The first-order valence-corrected chi connectivity index (χ1v) is 10.5. The third kappa shape index (κ3) is 4.19. The lowest BCUT2D eigenvalue weighted by atomic mass is 9.99. The number of alkyl halides is 3. The van der Waals surface area contributed by atoms with E-state index >= 15 is 0 Å². The molecule has 0 saturated heterocycles. The fourth-order valence-corrected chi connectivity index (χ4v) is 4.36. The standard InChI is InChI=1S/C21H22F5N5O3/c1-10-3-16-12(18-19(33)29(2)6-11(9-32)7-31(18)28-16)8-30(10)20(34)27-17-4-13(21(24,25)26)14(22)5-15(17)23/h4-5,10-11,32H,3,6-9H2,1-2H3,(H,27,34)/t10-,11?/m1/s1. The van der Waals surface area contributed by atoms with Gasteiger partial charge >= 0.3 is 12.2 Å². The van der Waals surface area contributed by atoms with E-state index in [2.05, 4.69) is 10.4 Å². The molecule has 3 heterocycles. The molecular weight excluding hydrogens is 465 g/mol. The SMILES string of the molecule is C[C@@H]1Cc2nn3c(c2CN1C(=O)Nc1cc(C(F)(F)F)c(F)cc1F)C(=O)N(C)CC(CO)C3. The molecule has 8 nitrogen and oxygen atoms in total. The minimum Gasteiger partial charge on any atom is -0.396 e. The maximum absolute atomic E-state index is 14.1. The van der Waals surface area contributed by atoms with Crippen molar-refractivity contribution in [2.75, 3.05) is 25.5 Å². The minimum absolute atomic E-state index is 0.0693. The van der Waals surface area contributed by atoms with Gasteiger partial charge in [-0.3, -0.25) is 9.48 Å². The molecule has 1 aromatic carbocycles. The highest BCUT2D eigenvalue weighted by Crippen LogP contribution is 2.35. The first kappa shape index (κ1) is 23.9. The molecule has 2 aliphatic rings. The molecule has 2 atom stereocenters. The zero-order valence-corrected chi connectivity index (χ0v) is 18.3. The van der Waals surface area contributed by atoms with Crippen molar-refractivity contribution in [3.63, 3.8) is 0 Å². The molecule has 34 heavy (non-hydrogen) atoms. The molecule has 0 spiro atoms. The van der Waals surface area contributed by atoms with Gasteiger partial charge in [-0.25, -0.2) is 13.6 Å². The van der Waals surface area contributed by atoms with E-state index in [1.54, 1.807) is 14.0 Å².